The first kappa shape index (κ1) is 32.9. The Kier molecular flexibility index (Phi) is 29.0. The number of carbonyl (C=O) groups excluding carboxylic acids is 1. The Hall–Kier alpha value is -1.07. The van der Waals surface area contributed by atoms with E-state index in [1.54, 1.807) is 6.08 Å². The number of rotatable bonds is 29. The monoisotopic (exact) mass is 492 g/mol. The van der Waals surface area contributed by atoms with Crippen molar-refractivity contribution in [3.63, 3.8) is 0 Å². The predicted molar refractivity (Wildman–Crippen MR) is 130 cm³/mol. The van der Waals surface area contributed by atoms with Gasteiger partial charge in [0.05, 0.1) is 92.5 Å². The molecule has 0 heterocycles. The van der Waals surface area contributed by atoms with Crippen molar-refractivity contribution >= 4 is 5.97 Å². The summed E-state index contributed by atoms with van der Waals surface area (Å²) in [5, 5.41) is 0. The second-order valence-electron chi connectivity index (χ2n) is 7.42. The summed E-state index contributed by atoms with van der Waals surface area (Å²) < 4.78 is 42.8. The van der Waals surface area contributed by atoms with Gasteiger partial charge >= 0.3 is 5.97 Å². The van der Waals surface area contributed by atoms with Crippen LogP contribution in [0.5, 0.6) is 0 Å². The fourth-order valence-corrected chi connectivity index (χ4v) is 2.65. The minimum absolute atomic E-state index is 0.142. The van der Waals surface area contributed by atoms with Crippen molar-refractivity contribution in [1.82, 2.24) is 0 Å². The van der Waals surface area contributed by atoms with E-state index < -0.39 is 0 Å². The maximum Gasteiger partial charge on any atom is 0.305 e. The molecular weight excluding hydrogens is 444 g/mol. The minimum Gasteiger partial charge on any atom is -0.463 e. The van der Waals surface area contributed by atoms with E-state index in [0.717, 1.165) is 12.8 Å². The summed E-state index contributed by atoms with van der Waals surface area (Å²) in [6, 6.07) is 0. The van der Waals surface area contributed by atoms with Crippen LogP contribution in [0.3, 0.4) is 0 Å². The summed E-state index contributed by atoms with van der Waals surface area (Å²) in [5.41, 5.74) is 0. The average molecular weight is 493 g/mol. The molecule has 0 spiro atoms. The smallest absolute Gasteiger partial charge is 0.305 e. The number of hydrogen-bond acceptors (Lipinski definition) is 9. The molecule has 0 unspecified atom stereocenters. The fourth-order valence-electron chi connectivity index (χ4n) is 2.65. The van der Waals surface area contributed by atoms with Gasteiger partial charge in [0.15, 0.2) is 0 Å². The van der Waals surface area contributed by atoms with Crippen LogP contribution in [-0.4, -0.2) is 105 Å². The van der Waals surface area contributed by atoms with E-state index in [4.69, 9.17) is 37.9 Å². The molecule has 0 bridgehead atoms. The van der Waals surface area contributed by atoms with E-state index in [0.29, 0.717) is 106 Å². The van der Waals surface area contributed by atoms with Gasteiger partial charge in [-0.15, -0.1) is 6.58 Å². The Balaban J connectivity index is 3.09. The fraction of sp³-hybridized carbons (Fsp3) is 0.880. The maximum atomic E-state index is 11.6. The van der Waals surface area contributed by atoms with E-state index >= 15 is 0 Å². The summed E-state index contributed by atoms with van der Waals surface area (Å²) in [6.07, 6.45) is 7.82. The van der Waals surface area contributed by atoms with E-state index in [-0.39, 0.29) is 5.97 Å². The Morgan fingerprint density at radius 3 is 1.35 bits per heavy atom. The molecule has 9 nitrogen and oxygen atoms in total. The SMILES string of the molecule is C=CCOCCOCCOCCOCCOCCOCCOCCOC(=O)CCCCCCC. The molecule has 9 heteroatoms. The van der Waals surface area contributed by atoms with E-state index in [9.17, 15) is 4.79 Å². The van der Waals surface area contributed by atoms with Crippen molar-refractivity contribution in [3.05, 3.63) is 12.7 Å². The molecule has 0 aromatic heterocycles. The average Bonchev–Trinajstić information content (AvgIpc) is 2.84. The van der Waals surface area contributed by atoms with Crippen LogP contribution in [0.25, 0.3) is 0 Å². The summed E-state index contributed by atoms with van der Waals surface area (Å²) >= 11 is 0. The third-order valence-corrected chi connectivity index (χ3v) is 4.44. The molecule has 0 aromatic carbocycles. The first-order chi connectivity index (χ1) is 16.8. The van der Waals surface area contributed by atoms with Crippen LogP contribution < -0.4 is 0 Å². The molecule has 0 saturated heterocycles. The molecule has 0 aliphatic carbocycles. The lowest BCUT2D eigenvalue weighted by Crippen LogP contribution is -2.15. The summed E-state index contributed by atoms with van der Waals surface area (Å²) in [6.45, 7) is 13.2. The lowest BCUT2D eigenvalue weighted by molar-refractivity contribution is -0.145. The van der Waals surface area contributed by atoms with Gasteiger partial charge in [-0.25, -0.2) is 0 Å². The van der Waals surface area contributed by atoms with Crippen LogP contribution in [0.4, 0.5) is 0 Å². The lowest BCUT2D eigenvalue weighted by atomic mass is 10.1. The van der Waals surface area contributed by atoms with Crippen LogP contribution in [0.1, 0.15) is 45.4 Å². The molecule has 0 fully saturated rings. The first-order valence-corrected chi connectivity index (χ1v) is 12.6. The molecule has 202 valence electrons. The number of hydrogen-bond donors (Lipinski definition) is 0. The highest BCUT2D eigenvalue weighted by atomic mass is 16.6. The highest BCUT2D eigenvalue weighted by Crippen LogP contribution is 2.05. The summed E-state index contributed by atoms with van der Waals surface area (Å²) in [5.74, 6) is -0.142. The second-order valence-corrected chi connectivity index (χ2v) is 7.42. The zero-order valence-corrected chi connectivity index (χ0v) is 21.3. The molecule has 0 atom stereocenters. The first-order valence-electron chi connectivity index (χ1n) is 12.6. The third kappa shape index (κ3) is 29.0. The zero-order chi connectivity index (χ0) is 24.8. The van der Waals surface area contributed by atoms with E-state index in [1.807, 2.05) is 0 Å². The number of ether oxygens (including phenoxy) is 8. The Morgan fingerprint density at radius 1 is 0.559 bits per heavy atom. The summed E-state index contributed by atoms with van der Waals surface area (Å²) in [7, 11) is 0. The van der Waals surface area contributed by atoms with Crippen LogP contribution >= 0.6 is 0 Å². The standard InChI is InChI=1S/C25H48O9/c1-3-5-6-7-8-9-25(26)34-24-23-33-22-21-32-20-19-31-18-17-30-16-15-29-14-13-28-12-11-27-10-4-2/h4H,2-3,5-24H2,1H3. The quantitative estimate of drug-likeness (QED) is 0.0887. The Labute approximate surface area is 206 Å². The minimum atomic E-state index is -0.142. The molecule has 0 aliphatic rings. The Bertz CT molecular complexity index is 421. The van der Waals surface area contributed by atoms with Crippen molar-refractivity contribution in [2.75, 3.05) is 99.1 Å². The molecule has 0 aromatic rings. The van der Waals surface area contributed by atoms with Crippen molar-refractivity contribution in [2.45, 2.75) is 45.4 Å². The molecular formula is C25H48O9. The predicted octanol–water partition coefficient (Wildman–Crippen LogP) is 3.19. The van der Waals surface area contributed by atoms with E-state index in [2.05, 4.69) is 13.5 Å². The zero-order valence-electron chi connectivity index (χ0n) is 21.3. The van der Waals surface area contributed by atoms with Crippen molar-refractivity contribution in [2.24, 2.45) is 0 Å². The largest absolute Gasteiger partial charge is 0.463 e. The molecule has 0 N–H and O–H groups in total. The summed E-state index contributed by atoms with van der Waals surface area (Å²) in [4.78, 5) is 11.6. The van der Waals surface area contributed by atoms with Gasteiger partial charge < -0.3 is 37.9 Å². The van der Waals surface area contributed by atoms with Crippen molar-refractivity contribution in [3.8, 4) is 0 Å². The number of esters is 1. The highest BCUT2D eigenvalue weighted by molar-refractivity contribution is 5.69. The molecule has 0 aliphatic heterocycles. The maximum absolute atomic E-state index is 11.6. The van der Waals surface area contributed by atoms with Crippen LogP contribution in [0.2, 0.25) is 0 Å². The highest BCUT2D eigenvalue weighted by Gasteiger charge is 2.02. The van der Waals surface area contributed by atoms with Crippen molar-refractivity contribution in [1.29, 1.82) is 0 Å². The van der Waals surface area contributed by atoms with E-state index in [1.165, 1.54) is 19.3 Å². The topological polar surface area (TPSA) is 90.9 Å². The van der Waals surface area contributed by atoms with Gasteiger partial charge in [0, 0.05) is 6.42 Å². The molecule has 0 radical (unpaired) electrons. The Morgan fingerprint density at radius 2 is 0.941 bits per heavy atom. The van der Waals surface area contributed by atoms with Gasteiger partial charge in [-0.3, -0.25) is 4.79 Å². The van der Waals surface area contributed by atoms with Gasteiger partial charge in [-0.2, -0.15) is 0 Å². The van der Waals surface area contributed by atoms with Gasteiger partial charge in [0.1, 0.15) is 6.61 Å². The molecule has 0 rings (SSSR count). The van der Waals surface area contributed by atoms with Gasteiger partial charge in [-0.1, -0.05) is 38.7 Å². The normalized spacial score (nSPS) is 11.1. The van der Waals surface area contributed by atoms with Gasteiger partial charge in [0.2, 0.25) is 0 Å². The van der Waals surface area contributed by atoms with Crippen LogP contribution in [0, 0.1) is 0 Å². The molecule has 0 saturated carbocycles. The van der Waals surface area contributed by atoms with Gasteiger partial charge in [0.25, 0.3) is 0 Å². The van der Waals surface area contributed by atoms with Gasteiger partial charge in [-0.05, 0) is 6.42 Å². The lowest BCUT2D eigenvalue weighted by Gasteiger charge is -2.08. The molecule has 0 amide bonds. The van der Waals surface area contributed by atoms with Crippen molar-refractivity contribution < 1.29 is 42.7 Å². The molecule has 34 heavy (non-hydrogen) atoms. The number of carbonyl (C=O) groups is 1. The second kappa shape index (κ2) is 30.0. The third-order valence-electron chi connectivity index (χ3n) is 4.44. The van der Waals surface area contributed by atoms with Crippen LogP contribution in [-0.2, 0) is 42.7 Å². The number of unbranched alkanes of at least 4 members (excludes halogenated alkanes) is 4. The van der Waals surface area contributed by atoms with Crippen LogP contribution in [0.15, 0.2) is 12.7 Å².